The third-order valence-corrected chi connectivity index (χ3v) is 3.16. The summed E-state index contributed by atoms with van der Waals surface area (Å²) in [6.45, 7) is -0.111. The van der Waals surface area contributed by atoms with Crippen molar-refractivity contribution in [1.82, 2.24) is 4.98 Å². The van der Waals surface area contributed by atoms with Crippen LogP contribution in [0.15, 0.2) is 54.7 Å². The first-order chi connectivity index (χ1) is 9.29. The molecule has 0 bridgehead atoms. The molecule has 0 aliphatic heterocycles. The second-order valence-corrected chi connectivity index (χ2v) is 4.34. The first-order valence-electron chi connectivity index (χ1n) is 6.03. The highest BCUT2D eigenvalue weighted by atomic mass is 19.1. The average molecular weight is 253 g/mol. The summed E-state index contributed by atoms with van der Waals surface area (Å²) in [5.41, 5.74) is 1.81. The molecule has 3 rings (SSSR count). The number of benzene rings is 2. The van der Waals surface area contributed by atoms with Gasteiger partial charge in [-0.25, -0.2) is 4.39 Å². The number of fused-ring (bicyclic) bond motifs is 1. The zero-order valence-corrected chi connectivity index (χ0v) is 10.2. The third kappa shape index (κ3) is 2.09. The SMILES string of the molecule is OCc1ccc(-c2ccc3ccccc3c2F)cn1. The van der Waals surface area contributed by atoms with Crippen LogP contribution in [0.25, 0.3) is 21.9 Å². The van der Waals surface area contributed by atoms with E-state index in [1.54, 1.807) is 30.5 Å². The number of rotatable bonds is 2. The zero-order valence-electron chi connectivity index (χ0n) is 10.2. The molecule has 0 aliphatic carbocycles. The molecule has 0 unspecified atom stereocenters. The van der Waals surface area contributed by atoms with Crippen LogP contribution in [-0.4, -0.2) is 10.1 Å². The number of aliphatic hydroxyl groups excluding tert-OH is 1. The van der Waals surface area contributed by atoms with Gasteiger partial charge in [0.1, 0.15) is 5.82 Å². The first kappa shape index (κ1) is 11.8. The summed E-state index contributed by atoms with van der Waals surface area (Å²) in [6.07, 6.45) is 1.58. The van der Waals surface area contributed by atoms with Gasteiger partial charge in [-0.1, -0.05) is 42.5 Å². The van der Waals surface area contributed by atoms with Gasteiger partial charge in [0.15, 0.2) is 0 Å². The smallest absolute Gasteiger partial charge is 0.138 e. The molecule has 0 atom stereocenters. The molecule has 1 heterocycles. The minimum Gasteiger partial charge on any atom is -0.390 e. The number of pyridine rings is 1. The highest BCUT2D eigenvalue weighted by Crippen LogP contribution is 2.28. The lowest BCUT2D eigenvalue weighted by Crippen LogP contribution is -1.91. The molecule has 94 valence electrons. The van der Waals surface area contributed by atoms with E-state index in [0.717, 1.165) is 5.39 Å². The average Bonchev–Trinajstić information content (AvgIpc) is 2.48. The van der Waals surface area contributed by atoms with Crippen LogP contribution in [0.2, 0.25) is 0 Å². The molecule has 0 amide bonds. The van der Waals surface area contributed by atoms with Gasteiger partial charge in [-0.2, -0.15) is 0 Å². The third-order valence-electron chi connectivity index (χ3n) is 3.16. The molecular formula is C16H12FNO. The number of hydrogen-bond donors (Lipinski definition) is 1. The predicted molar refractivity (Wildman–Crippen MR) is 73.1 cm³/mol. The fraction of sp³-hybridized carbons (Fsp3) is 0.0625. The normalized spacial score (nSPS) is 10.8. The molecule has 0 saturated heterocycles. The van der Waals surface area contributed by atoms with Gasteiger partial charge in [0.05, 0.1) is 12.3 Å². The molecule has 3 aromatic rings. The molecular weight excluding hydrogens is 241 g/mol. The maximum atomic E-state index is 14.5. The van der Waals surface area contributed by atoms with Gasteiger partial charge in [-0.05, 0) is 11.5 Å². The van der Waals surface area contributed by atoms with E-state index >= 15 is 0 Å². The van der Waals surface area contributed by atoms with Crippen molar-refractivity contribution < 1.29 is 9.50 Å². The van der Waals surface area contributed by atoms with Crippen molar-refractivity contribution in [2.24, 2.45) is 0 Å². The Morgan fingerprint density at radius 1 is 1.00 bits per heavy atom. The Hall–Kier alpha value is -2.26. The molecule has 1 aromatic heterocycles. The molecule has 0 fully saturated rings. The van der Waals surface area contributed by atoms with Gasteiger partial charge in [0.25, 0.3) is 0 Å². The summed E-state index contributed by atoms with van der Waals surface area (Å²) in [7, 11) is 0. The maximum Gasteiger partial charge on any atom is 0.138 e. The molecule has 0 spiro atoms. The van der Waals surface area contributed by atoms with E-state index < -0.39 is 0 Å². The number of hydrogen-bond acceptors (Lipinski definition) is 2. The van der Waals surface area contributed by atoms with E-state index in [2.05, 4.69) is 4.98 Å². The lowest BCUT2D eigenvalue weighted by molar-refractivity contribution is 0.277. The van der Waals surface area contributed by atoms with E-state index in [9.17, 15) is 4.39 Å². The molecule has 3 heteroatoms. The van der Waals surface area contributed by atoms with E-state index in [1.165, 1.54) is 0 Å². The van der Waals surface area contributed by atoms with Crippen molar-refractivity contribution in [3.63, 3.8) is 0 Å². The Kier molecular flexibility index (Phi) is 2.97. The lowest BCUT2D eigenvalue weighted by atomic mass is 10.0. The Balaban J connectivity index is 2.16. The predicted octanol–water partition coefficient (Wildman–Crippen LogP) is 3.53. The summed E-state index contributed by atoms with van der Waals surface area (Å²) in [5.74, 6) is -0.239. The van der Waals surface area contributed by atoms with Crippen molar-refractivity contribution in [3.05, 3.63) is 66.2 Å². The van der Waals surface area contributed by atoms with Crippen LogP contribution in [0, 0.1) is 5.82 Å². The molecule has 1 N–H and O–H groups in total. The second kappa shape index (κ2) is 4.78. The first-order valence-corrected chi connectivity index (χ1v) is 6.03. The summed E-state index contributed by atoms with van der Waals surface area (Å²) in [5, 5.41) is 10.4. The Labute approximate surface area is 110 Å². The standard InChI is InChI=1S/C16H12FNO/c17-16-14-4-2-1-3-11(14)6-8-15(16)12-5-7-13(10-19)18-9-12/h1-9,19H,10H2. The van der Waals surface area contributed by atoms with Crippen LogP contribution in [0.3, 0.4) is 0 Å². The molecule has 19 heavy (non-hydrogen) atoms. The monoisotopic (exact) mass is 253 g/mol. The van der Waals surface area contributed by atoms with Gasteiger partial charge in [-0.3, -0.25) is 4.98 Å². The largest absolute Gasteiger partial charge is 0.390 e. The van der Waals surface area contributed by atoms with Crippen LogP contribution < -0.4 is 0 Å². The molecule has 0 aliphatic rings. The van der Waals surface area contributed by atoms with Crippen LogP contribution in [0.4, 0.5) is 4.39 Å². The summed E-state index contributed by atoms with van der Waals surface area (Å²) >= 11 is 0. The Morgan fingerprint density at radius 3 is 2.58 bits per heavy atom. The minimum absolute atomic E-state index is 0.111. The fourth-order valence-corrected chi connectivity index (χ4v) is 2.13. The van der Waals surface area contributed by atoms with E-state index in [4.69, 9.17) is 5.11 Å². The fourth-order valence-electron chi connectivity index (χ4n) is 2.13. The maximum absolute atomic E-state index is 14.5. The van der Waals surface area contributed by atoms with Gasteiger partial charge >= 0.3 is 0 Å². The summed E-state index contributed by atoms with van der Waals surface area (Å²) < 4.78 is 14.5. The van der Waals surface area contributed by atoms with Crippen molar-refractivity contribution in [2.45, 2.75) is 6.61 Å². The molecule has 0 radical (unpaired) electrons. The second-order valence-electron chi connectivity index (χ2n) is 4.34. The highest BCUT2D eigenvalue weighted by molar-refractivity contribution is 5.88. The Bertz CT molecular complexity index is 722. The minimum atomic E-state index is -0.239. The zero-order chi connectivity index (χ0) is 13.2. The topological polar surface area (TPSA) is 33.1 Å². The number of nitrogens with zero attached hydrogens (tertiary/aromatic N) is 1. The van der Waals surface area contributed by atoms with E-state index in [1.807, 2.05) is 24.3 Å². The van der Waals surface area contributed by atoms with Gasteiger partial charge < -0.3 is 5.11 Å². The molecule has 2 nitrogen and oxygen atoms in total. The van der Waals surface area contributed by atoms with Crippen LogP contribution in [-0.2, 0) is 6.61 Å². The summed E-state index contributed by atoms with van der Waals surface area (Å²) in [6, 6.07) is 14.5. The van der Waals surface area contributed by atoms with Gasteiger partial charge in [0, 0.05) is 22.7 Å². The van der Waals surface area contributed by atoms with Crippen molar-refractivity contribution in [3.8, 4) is 11.1 Å². The number of aromatic nitrogens is 1. The van der Waals surface area contributed by atoms with E-state index in [-0.39, 0.29) is 12.4 Å². The van der Waals surface area contributed by atoms with Gasteiger partial charge in [-0.15, -0.1) is 0 Å². The van der Waals surface area contributed by atoms with Crippen LogP contribution in [0.5, 0.6) is 0 Å². The Morgan fingerprint density at radius 2 is 1.84 bits per heavy atom. The van der Waals surface area contributed by atoms with Gasteiger partial charge in [0.2, 0.25) is 0 Å². The van der Waals surface area contributed by atoms with E-state index in [0.29, 0.717) is 22.2 Å². The van der Waals surface area contributed by atoms with Crippen molar-refractivity contribution in [2.75, 3.05) is 0 Å². The van der Waals surface area contributed by atoms with Crippen LogP contribution in [0.1, 0.15) is 5.69 Å². The molecule has 2 aromatic carbocycles. The molecule has 0 saturated carbocycles. The number of halogens is 1. The van der Waals surface area contributed by atoms with Crippen molar-refractivity contribution in [1.29, 1.82) is 0 Å². The quantitative estimate of drug-likeness (QED) is 0.757. The lowest BCUT2D eigenvalue weighted by Gasteiger charge is -2.07. The van der Waals surface area contributed by atoms with Crippen molar-refractivity contribution >= 4 is 10.8 Å². The highest BCUT2D eigenvalue weighted by Gasteiger charge is 2.09. The van der Waals surface area contributed by atoms with Crippen LogP contribution >= 0.6 is 0 Å². The number of aliphatic hydroxyl groups is 1. The summed E-state index contributed by atoms with van der Waals surface area (Å²) in [4.78, 5) is 4.08.